The normalized spacial score (nSPS) is 11.8. The van der Waals surface area contributed by atoms with E-state index in [9.17, 15) is 4.79 Å². The molecule has 1 heterocycles. The average molecular weight is 215 g/mol. The maximum atomic E-state index is 10.5. The molecule has 0 spiro atoms. The standard InChI is InChI=1S/C9H11ClN2O2/c1-6(9(13)14)3-4-12-5-8(10)7(2)11-12/h3,5H,4H2,1-2H3,(H,13,14)/b6-3-. The molecule has 0 unspecified atom stereocenters. The topological polar surface area (TPSA) is 55.1 Å². The van der Waals surface area contributed by atoms with Crippen molar-refractivity contribution < 1.29 is 9.90 Å². The lowest BCUT2D eigenvalue weighted by Gasteiger charge is -1.95. The average Bonchev–Trinajstić information content (AvgIpc) is 2.42. The van der Waals surface area contributed by atoms with E-state index in [2.05, 4.69) is 5.10 Å². The van der Waals surface area contributed by atoms with E-state index in [1.165, 1.54) is 0 Å². The number of carbonyl (C=O) groups is 1. The fraction of sp³-hybridized carbons (Fsp3) is 0.333. The van der Waals surface area contributed by atoms with Gasteiger partial charge in [0.25, 0.3) is 0 Å². The van der Waals surface area contributed by atoms with Crippen LogP contribution in [0.5, 0.6) is 0 Å². The maximum Gasteiger partial charge on any atom is 0.331 e. The molecule has 14 heavy (non-hydrogen) atoms. The molecule has 1 aromatic rings. The van der Waals surface area contributed by atoms with Crippen LogP contribution >= 0.6 is 11.6 Å². The molecule has 0 fully saturated rings. The molecular weight excluding hydrogens is 204 g/mol. The lowest BCUT2D eigenvalue weighted by Crippen LogP contribution is -2.01. The van der Waals surface area contributed by atoms with E-state index in [-0.39, 0.29) is 0 Å². The highest BCUT2D eigenvalue weighted by Crippen LogP contribution is 2.11. The maximum absolute atomic E-state index is 10.5. The number of rotatable bonds is 3. The molecule has 0 aromatic carbocycles. The first kappa shape index (κ1) is 10.8. The molecule has 76 valence electrons. The van der Waals surface area contributed by atoms with Crippen LogP contribution in [0.15, 0.2) is 17.8 Å². The number of carboxylic acids is 1. The minimum absolute atomic E-state index is 0.300. The van der Waals surface area contributed by atoms with Crippen LogP contribution in [0.2, 0.25) is 5.02 Å². The van der Waals surface area contributed by atoms with Gasteiger partial charge in [-0.3, -0.25) is 4.68 Å². The number of aliphatic carboxylic acids is 1. The second kappa shape index (κ2) is 4.28. The van der Waals surface area contributed by atoms with Crippen LogP contribution in [-0.4, -0.2) is 20.9 Å². The van der Waals surface area contributed by atoms with E-state index in [4.69, 9.17) is 16.7 Å². The molecule has 1 N–H and O–H groups in total. The molecule has 0 atom stereocenters. The zero-order valence-corrected chi connectivity index (χ0v) is 8.75. The van der Waals surface area contributed by atoms with Gasteiger partial charge in [-0.15, -0.1) is 0 Å². The number of halogens is 1. The Morgan fingerprint density at radius 1 is 1.79 bits per heavy atom. The van der Waals surface area contributed by atoms with Crippen molar-refractivity contribution in [3.63, 3.8) is 0 Å². The van der Waals surface area contributed by atoms with Crippen LogP contribution in [0.25, 0.3) is 0 Å². The van der Waals surface area contributed by atoms with Gasteiger partial charge in [-0.2, -0.15) is 5.10 Å². The summed E-state index contributed by atoms with van der Waals surface area (Å²) in [6.07, 6.45) is 3.26. The summed E-state index contributed by atoms with van der Waals surface area (Å²) in [6, 6.07) is 0. The van der Waals surface area contributed by atoms with Crippen LogP contribution < -0.4 is 0 Å². The van der Waals surface area contributed by atoms with Crippen LogP contribution in [0.4, 0.5) is 0 Å². The van der Waals surface area contributed by atoms with Crippen LogP contribution in [-0.2, 0) is 11.3 Å². The minimum atomic E-state index is -0.917. The Labute approximate surface area is 86.8 Å². The van der Waals surface area contributed by atoms with Crippen molar-refractivity contribution in [2.75, 3.05) is 0 Å². The molecule has 0 saturated heterocycles. The summed E-state index contributed by atoms with van der Waals surface area (Å²) in [5.74, 6) is -0.917. The third kappa shape index (κ3) is 2.60. The van der Waals surface area contributed by atoms with Gasteiger partial charge >= 0.3 is 5.97 Å². The molecule has 1 aromatic heterocycles. The number of hydrogen-bond donors (Lipinski definition) is 1. The highest BCUT2D eigenvalue weighted by Gasteiger charge is 2.02. The predicted octanol–water partition coefficient (Wildman–Crippen LogP) is 1.88. The third-order valence-electron chi connectivity index (χ3n) is 1.81. The second-order valence-corrected chi connectivity index (χ2v) is 3.38. The lowest BCUT2D eigenvalue weighted by atomic mass is 10.3. The van der Waals surface area contributed by atoms with E-state index in [1.807, 2.05) is 0 Å². The summed E-state index contributed by atoms with van der Waals surface area (Å²) in [4.78, 5) is 10.5. The number of allylic oxidation sites excluding steroid dienone is 1. The Morgan fingerprint density at radius 2 is 2.43 bits per heavy atom. The summed E-state index contributed by atoms with van der Waals surface area (Å²) < 4.78 is 1.60. The molecular formula is C9H11ClN2O2. The molecule has 0 amide bonds. The molecule has 1 rings (SSSR count). The summed E-state index contributed by atoms with van der Waals surface area (Å²) in [5, 5.41) is 13.3. The SMILES string of the molecule is C/C(=C/Cn1cc(Cl)c(C)n1)C(=O)O. The lowest BCUT2D eigenvalue weighted by molar-refractivity contribution is -0.132. The first-order valence-electron chi connectivity index (χ1n) is 4.10. The largest absolute Gasteiger partial charge is 0.478 e. The predicted molar refractivity (Wildman–Crippen MR) is 53.4 cm³/mol. The van der Waals surface area contributed by atoms with Gasteiger partial charge in [0.1, 0.15) is 0 Å². The van der Waals surface area contributed by atoms with Crippen molar-refractivity contribution in [1.82, 2.24) is 9.78 Å². The second-order valence-electron chi connectivity index (χ2n) is 2.98. The molecule has 0 radical (unpaired) electrons. The Balaban J connectivity index is 2.71. The molecule has 0 aliphatic rings. The molecule has 0 saturated carbocycles. The Bertz CT molecular complexity index is 363. The minimum Gasteiger partial charge on any atom is -0.478 e. The van der Waals surface area contributed by atoms with Gasteiger partial charge in [0, 0.05) is 11.8 Å². The highest BCUT2D eigenvalue weighted by molar-refractivity contribution is 6.31. The smallest absolute Gasteiger partial charge is 0.331 e. The van der Waals surface area contributed by atoms with Gasteiger partial charge in [0.2, 0.25) is 0 Å². The summed E-state index contributed by atoms with van der Waals surface area (Å²) in [6.45, 7) is 3.76. The van der Waals surface area contributed by atoms with Gasteiger partial charge in [-0.25, -0.2) is 4.79 Å². The number of carboxylic acid groups (broad SMARTS) is 1. The number of aromatic nitrogens is 2. The van der Waals surface area contributed by atoms with Crippen molar-refractivity contribution in [1.29, 1.82) is 0 Å². The Morgan fingerprint density at radius 3 is 2.86 bits per heavy atom. The first-order chi connectivity index (χ1) is 6.50. The van der Waals surface area contributed by atoms with Crippen molar-refractivity contribution in [2.45, 2.75) is 20.4 Å². The molecule has 0 bridgehead atoms. The van der Waals surface area contributed by atoms with Crippen LogP contribution in [0.3, 0.4) is 0 Å². The van der Waals surface area contributed by atoms with Crippen molar-refractivity contribution in [2.24, 2.45) is 0 Å². The third-order valence-corrected chi connectivity index (χ3v) is 2.18. The number of nitrogens with zero attached hydrogens (tertiary/aromatic N) is 2. The summed E-state index contributed by atoms with van der Waals surface area (Å²) >= 11 is 5.79. The zero-order valence-electron chi connectivity index (χ0n) is 7.99. The van der Waals surface area contributed by atoms with E-state index in [0.717, 1.165) is 5.69 Å². The van der Waals surface area contributed by atoms with Crippen LogP contribution in [0.1, 0.15) is 12.6 Å². The first-order valence-corrected chi connectivity index (χ1v) is 4.48. The van der Waals surface area contributed by atoms with Gasteiger partial charge in [0.05, 0.1) is 17.3 Å². The van der Waals surface area contributed by atoms with Crippen molar-refractivity contribution in [3.05, 3.63) is 28.6 Å². The fourth-order valence-electron chi connectivity index (χ4n) is 0.905. The Kier molecular flexibility index (Phi) is 3.30. The molecule has 5 heteroatoms. The number of aryl methyl sites for hydroxylation is 1. The molecule has 0 aliphatic carbocycles. The van der Waals surface area contributed by atoms with Crippen molar-refractivity contribution in [3.8, 4) is 0 Å². The highest BCUT2D eigenvalue weighted by atomic mass is 35.5. The molecule has 0 aliphatic heterocycles. The van der Waals surface area contributed by atoms with Crippen LogP contribution in [0, 0.1) is 6.92 Å². The summed E-state index contributed by atoms with van der Waals surface area (Å²) in [7, 11) is 0. The number of hydrogen-bond acceptors (Lipinski definition) is 2. The van der Waals surface area contributed by atoms with Gasteiger partial charge in [-0.05, 0) is 13.8 Å². The molecule has 4 nitrogen and oxygen atoms in total. The van der Waals surface area contributed by atoms with E-state index in [1.54, 1.807) is 30.8 Å². The summed E-state index contributed by atoms with van der Waals surface area (Å²) in [5.41, 5.74) is 1.04. The van der Waals surface area contributed by atoms with Crippen molar-refractivity contribution >= 4 is 17.6 Å². The van der Waals surface area contributed by atoms with E-state index in [0.29, 0.717) is 17.1 Å². The Hall–Kier alpha value is -1.29. The fourth-order valence-corrected chi connectivity index (χ4v) is 1.06. The van der Waals surface area contributed by atoms with Gasteiger partial charge in [-0.1, -0.05) is 17.7 Å². The van der Waals surface area contributed by atoms with Gasteiger partial charge < -0.3 is 5.11 Å². The van der Waals surface area contributed by atoms with Gasteiger partial charge in [0.15, 0.2) is 0 Å². The van der Waals surface area contributed by atoms with E-state index >= 15 is 0 Å². The van der Waals surface area contributed by atoms with E-state index < -0.39 is 5.97 Å². The quantitative estimate of drug-likeness (QED) is 0.782. The zero-order chi connectivity index (χ0) is 10.7. The monoisotopic (exact) mass is 214 g/mol.